The highest BCUT2D eigenvalue weighted by Crippen LogP contribution is 2.42. The molecule has 6 rings (SSSR count). The summed E-state index contributed by atoms with van der Waals surface area (Å²) in [5.41, 5.74) is 1.19. The van der Waals surface area contributed by atoms with Crippen LogP contribution in [0.1, 0.15) is 34.0 Å². The third kappa shape index (κ3) is 8.37. The zero-order valence-corrected chi connectivity index (χ0v) is 30.9. The molecule has 4 aromatic carbocycles. The maximum Gasteiger partial charge on any atom is 0.330 e. The summed E-state index contributed by atoms with van der Waals surface area (Å²) in [6.45, 7) is 1.52. The van der Waals surface area contributed by atoms with E-state index in [-0.39, 0.29) is 27.8 Å². The Morgan fingerprint density at radius 1 is 0.750 bits per heavy atom. The van der Waals surface area contributed by atoms with Crippen molar-refractivity contribution in [3.63, 3.8) is 0 Å². The van der Waals surface area contributed by atoms with E-state index in [9.17, 15) is 9.59 Å². The topological polar surface area (TPSA) is 101 Å². The van der Waals surface area contributed by atoms with Gasteiger partial charge in [0, 0.05) is 11.8 Å². The second-order valence-corrected chi connectivity index (χ2v) is 13.9. The van der Waals surface area contributed by atoms with Gasteiger partial charge in [0.1, 0.15) is 17.8 Å². The maximum absolute atomic E-state index is 13.4. The van der Waals surface area contributed by atoms with Crippen molar-refractivity contribution in [2.75, 3.05) is 6.61 Å². The number of aromatic amines is 1. The van der Waals surface area contributed by atoms with Crippen LogP contribution in [0.4, 0.5) is 0 Å². The van der Waals surface area contributed by atoms with Gasteiger partial charge in [-0.25, -0.2) is 4.79 Å². The molecule has 1 aromatic heterocycles. The molecule has 0 spiro atoms. The van der Waals surface area contributed by atoms with E-state index in [0.717, 1.165) is 22.3 Å². The number of ether oxygens (including phenoxy) is 5. The zero-order chi connectivity index (χ0) is 36.7. The predicted octanol–water partition coefficient (Wildman–Crippen LogP) is 7.15. The molecule has 0 saturated carbocycles. The van der Waals surface area contributed by atoms with Crippen molar-refractivity contribution < 1.29 is 23.7 Å². The summed E-state index contributed by atoms with van der Waals surface area (Å²) < 4.78 is 33.0. The minimum absolute atomic E-state index is 0.0944. The summed E-state index contributed by atoms with van der Waals surface area (Å²) in [6, 6.07) is 38.9. The minimum atomic E-state index is -1.25. The highest BCUT2D eigenvalue weighted by atomic mass is 35.5. The summed E-state index contributed by atoms with van der Waals surface area (Å²) in [4.78, 5) is 28.2. The fraction of sp³-hybridized carbons (Fsp3) is 0.231. The van der Waals surface area contributed by atoms with Crippen molar-refractivity contribution in [1.82, 2.24) is 9.55 Å². The summed E-state index contributed by atoms with van der Waals surface area (Å²) in [7, 11) is 0. The van der Waals surface area contributed by atoms with Crippen molar-refractivity contribution in [3.05, 3.63) is 176 Å². The van der Waals surface area contributed by atoms with Crippen LogP contribution in [-0.2, 0) is 35.9 Å². The quantitative estimate of drug-likeness (QED) is 0.0805. The van der Waals surface area contributed by atoms with E-state index in [2.05, 4.69) is 4.98 Å². The van der Waals surface area contributed by atoms with E-state index in [0.29, 0.717) is 0 Å². The first kappa shape index (κ1) is 37.6. The van der Waals surface area contributed by atoms with E-state index < -0.39 is 47.5 Å². The molecule has 0 unspecified atom stereocenters. The first-order valence-electron chi connectivity index (χ1n) is 16.3. The number of hydrogen-bond acceptors (Lipinski definition) is 9. The molecule has 13 heteroatoms. The highest BCUT2D eigenvalue weighted by molar-refractivity contribution is 7.83. The van der Waals surface area contributed by atoms with Crippen LogP contribution < -0.4 is 11.2 Å². The van der Waals surface area contributed by atoms with Crippen LogP contribution in [-0.4, -0.2) is 49.6 Å². The Balaban J connectivity index is 1.50. The zero-order valence-electron chi connectivity index (χ0n) is 27.8. The summed E-state index contributed by atoms with van der Waals surface area (Å²) >= 11 is 22.9. The second-order valence-electron chi connectivity index (χ2n) is 12.0. The molecule has 1 aliphatic heterocycles. The molecule has 0 bridgehead atoms. The Hall–Kier alpha value is -4.20. The average Bonchev–Trinajstić information content (AvgIpc) is 3.15. The summed E-state index contributed by atoms with van der Waals surface area (Å²) in [5.74, 6) is 0. The Morgan fingerprint density at radius 2 is 1.23 bits per heavy atom. The third-order valence-corrected chi connectivity index (χ3v) is 9.15. The lowest BCUT2D eigenvalue weighted by Gasteiger charge is -2.46. The summed E-state index contributed by atoms with van der Waals surface area (Å²) in [5, 5.41) is 0. The lowest BCUT2D eigenvalue weighted by Crippen LogP contribution is -2.61. The van der Waals surface area contributed by atoms with Crippen LogP contribution in [0.3, 0.4) is 0 Å². The smallest absolute Gasteiger partial charge is 0.330 e. The number of thiocarbonyl (C=S) groups is 2. The van der Waals surface area contributed by atoms with Gasteiger partial charge in [0.25, 0.3) is 14.6 Å². The van der Waals surface area contributed by atoms with Crippen molar-refractivity contribution in [2.24, 2.45) is 0 Å². The van der Waals surface area contributed by atoms with Crippen molar-refractivity contribution in [1.29, 1.82) is 0 Å². The monoisotopic (exact) mass is 776 g/mol. The maximum atomic E-state index is 13.4. The SMILES string of the molecule is Cc1cn([C@@H]2O[C@H](COC(c3ccccc3)(c3ccccc3)c3ccccc3)[C@@H](OC(=S)Cl)[C@@H](OCc3ccccc3)[C@H]2OC(=S)Cl)c(=O)[nH]c1=O. The van der Waals surface area contributed by atoms with E-state index >= 15 is 0 Å². The molecule has 0 radical (unpaired) electrons. The van der Waals surface area contributed by atoms with Crippen molar-refractivity contribution in [2.45, 2.75) is 49.8 Å². The number of hydrogen-bond donors (Lipinski definition) is 1. The van der Waals surface area contributed by atoms with Gasteiger partial charge in [0.05, 0.1) is 13.2 Å². The molecule has 0 amide bonds. The molecule has 9 nitrogen and oxygen atoms in total. The fourth-order valence-electron chi connectivity index (χ4n) is 6.44. The number of H-pyrrole nitrogens is 1. The summed E-state index contributed by atoms with van der Waals surface area (Å²) in [6.07, 6.45) is -4.20. The molecular formula is C39H34Cl2N2O7S2. The number of aryl methyl sites for hydroxylation is 1. The Labute approximate surface area is 321 Å². The van der Waals surface area contributed by atoms with Gasteiger partial charge in [0.2, 0.25) is 0 Å². The molecule has 1 fully saturated rings. The Bertz CT molecular complexity index is 1990. The molecule has 5 atom stereocenters. The van der Waals surface area contributed by atoms with Crippen LogP contribution in [0, 0.1) is 6.92 Å². The number of halogens is 2. The molecule has 1 saturated heterocycles. The number of rotatable bonds is 12. The first-order valence-corrected chi connectivity index (χ1v) is 17.9. The first-order chi connectivity index (χ1) is 25.2. The normalized spacial score (nSPS) is 20.2. The molecule has 2 heterocycles. The lowest BCUT2D eigenvalue weighted by molar-refractivity contribution is -0.263. The molecule has 1 N–H and O–H groups in total. The van der Waals surface area contributed by atoms with Crippen LogP contribution >= 0.6 is 47.6 Å². The van der Waals surface area contributed by atoms with Gasteiger partial charge in [0.15, 0.2) is 18.4 Å². The van der Waals surface area contributed by atoms with E-state index in [4.69, 9.17) is 71.3 Å². The number of benzene rings is 4. The Kier molecular flexibility index (Phi) is 12.3. The molecule has 5 aromatic rings. The molecule has 52 heavy (non-hydrogen) atoms. The fourth-order valence-corrected chi connectivity index (χ4v) is 6.87. The largest absolute Gasteiger partial charge is 0.466 e. The number of nitrogens with zero attached hydrogens (tertiary/aromatic N) is 1. The van der Waals surface area contributed by atoms with Gasteiger partial charge in [-0.3, -0.25) is 14.3 Å². The standard InChI is InChI=1S/C39H34Cl2N2O7S2/c1-25-22-43(38(45)42-34(25)44)35-33(50-37(41)52)32(46-23-26-14-6-2-7-15-26)31(49-36(40)51)30(48-35)24-47-39(27-16-8-3-9-17-27,28-18-10-4-11-19-28)29-20-12-5-13-21-29/h2-22,30-33,35H,23-24H2,1H3,(H,42,44,45)/t30-,31-,32-,33-,35-/m1/s1. The highest BCUT2D eigenvalue weighted by Gasteiger charge is 2.52. The molecule has 1 aliphatic rings. The third-order valence-electron chi connectivity index (χ3n) is 8.78. The van der Waals surface area contributed by atoms with Crippen LogP contribution in [0.25, 0.3) is 0 Å². The van der Waals surface area contributed by atoms with Crippen molar-refractivity contribution in [3.8, 4) is 0 Å². The van der Waals surface area contributed by atoms with Crippen molar-refractivity contribution >= 4 is 56.7 Å². The Morgan fingerprint density at radius 3 is 1.73 bits per heavy atom. The number of nitrogens with one attached hydrogen (secondary N) is 1. The van der Waals surface area contributed by atoms with Crippen LogP contribution in [0.2, 0.25) is 0 Å². The molecular weight excluding hydrogens is 743 g/mol. The van der Waals surface area contributed by atoms with Gasteiger partial charge < -0.3 is 23.7 Å². The minimum Gasteiger partial charge on any atom is -0.466 e. The lowest BCUT2D eigenvalue weighted by atomic mass is 9.80. The predicted molar refractivity (Wildman–Crippen MR) is 207 cm³/mol. The number of aromatic nitrogens is 2. The second kappa shape index (κ2) is 17.1. The van der Waals surface area contributed by atoms with Gasteiger partial charge in [-0.2, -0.15) is 0 Å². The van der Waals surface area contributed by atoms with Gasteiger partial charge in [-0.05, 0) is 76.8 Å². The van der Waals surface area contributed by atoms with E-state index in [1.807, 2.05) is 121 Å². The van der Waals surface area contributed by atoms with Gasteiger partial charge >= 0.3 is 5.69 Å². The van der Waals surface area contributed by atoms with Crippen LogP contribution in [0.5, 0.6) is 0 Å². The molecule has 268 valence electrons. The average molecular weight is 778 g/mol. The van der Waals surface area contributed by atoms with E-state index in [1.54, 1.807) is 6.92 Å². The van der Waals surface area contributed by atoms with Gasteiger partial charge in [-0.15, -0.1) is 0 Å². The van der Waals surface area contributed by atoms with Gasteiger partial charge in [-0.1, -0.05) is 121 Å². The molecule has 0 aliphatic carbocycles. The van der Waals surface area contributed by atoms with Crippen LogP contribution in [0.15, 0.2) is 137 Å². The van der Waals surface area contributed by atoms with E-state index in [1.165, 1.54) is 10.8 Å².